The van der Waals surface area contributed by atoms with Gasteiger partial charge in [0.1, 0.15) is 30.1 Å². The first-order valence-corrected chi connectivity index (χ1v) is 4.23. The normalized spacial score (nSPS) is 37.6. The molecule has 1 aliphatic rings. The summed E-state index contributed by atoms with van der Waals surface area (Å²) in [5.41, 5.74) is 0.410. The highest BCUT2D eigenvalue weighted by molar-refractivity contribution is 5.05. The minimum absolute atomic E-state index is 0.341. The topological polar surface area (TPSA) is 111 Å². The van der Waals surface area contributed by atoms with Gasteiger partial charge in [-0.2, -0.15) is 0 Å². The Kier molecular flexibility index (Phi) is 2.46. The van der Waals surface area contributed by atoms with Crippen molar-refractivity contribution in [3.63, 3.8) is 0 Å². The molecular weight excluding hydrogens is 190 g/mol. The molecule has 14 heavy (non-hydrogen) atoms. The molecule has 2 heterocycles. The Morgan fingerprint density at radius 2 is 2.21 bits per heavy atom. The maximum absolute atomic E-state index is 9.56. The number of ether oxygens (including phenoxy) is 1. The Balaban J connectivity index is 2.16. The fourth-order valence-corrected chi connectivity index (χ4v) is 1.49. The lowest BCUT2D eigenvalue weighted by Crippen LogP contribution is -2.32. The lowest BCUT2D eigenvalue weighted by molar-refractivity contribution is -0.0239. The highest BCUT2D eigenvalue weighted by Crippen LogP contribution is 2.31. The van der Waals surface area contributed by atoms with Crippen LogP contribution in [0.3, 0.4) is 0 Å². The van der Waals surface area contributed by atoms with E-state index in [1.54, 1.807) is 0 Å². The second-order valence-corrected chi connectivity index (χ2v) is 3.16. The van der Waals surface area contributed by atoms with Crippen LogP contribution in [0.4, 0.5) is 0 Å². The van der Waals surface area contributed by atoms with Crippen LogP contribution in [0, 0.1) is 0 Å². The molecule has 7 nitrogen and oxygen atoms in total. The van der Waals surface area contributed by atoms with Crippen molar-refractivity contribution in [2.45, 2.75) is 24.4 Å². The molecule has 2 rings (SSSR count). The van der Waals surface area contributed by atoms with E-state index in [-0.39, 0.29) is 6.61 Å². The quantitative estimate of drug-likeness (QED) is 0.438. The van der Waals surface area contributed by atoms with Crippen molar-refractivity contribution in [3.05, 3.63) is 11.9 Å². The van der Waals surface area contributed by atoms with Crippen LogP contribution in [-0.2, 0) is 4.74 Å². The lowest BCUT2D eigenvalue weighted by atomic mass is 10.1. The van der Waals surface area contributed by atoms with Gasteiger partial charge in [0.2, 0.25) is 0 Å². The first-order chi connectivity index (χ1) is 6.74. The average molecular weight is 201 g/mol. The van der Waals surface area contributed by atoms with E-state index in [1.807, 2.05) is 0 Å². The molecule has 1 unspecified atom stereocenters. The predicted molar refractivity (Wildman–Crippen MR) is 43.1 cm³/mol. The van der Waals surface area contributed by atoms with Gasteiger partial charge in [-0.05, 0) is 0 Å². The Morgan fingerprint density at radius 3 is 2.71 bits per heavy atom. The zero-order chi connectivity index (χ0) is 10.1. The van der Waals surface area contributed by atoms with Gasteiger partial charge < -0.3 is 20.1 Å². The molecule has 0 spiro atoms. The third kappa shape index (κ3) is 1.40. The number of nitrogens with one attached hydrogen (secondary N) is 1. The van der Waals surface area contributed by atoms with Crippen molar-refractivity contribution >= 4 is 0 Å². The first kappa shape index (κ1) is 9.53. The minimum Gasteiger partial charge on any atom is -0.394 e. The van der Waals surface area contributed by atoms with Crippen molar-refractivity contribution in [2.24, 2.45) is 0 Å². The van der Waals surface area contributed by atoms with Gasteiger partial charge in [0.15, 0.2) is 0 Å². The van der Waals surface area contributed by atoms with Crippen molar-refractivity contribution in [2.75, 3.05) is 6.61 Å². The van der Waals surface area contributed by atoms with Gasteiger partial charge in [-0.1, -0.05) is 5.21 Å². The van der Waals surface area contributed by atoms with E-state index in [2.05, 4.69) is 15.4 Å². The summed E-state index contributed by atoms with van der Waals surface area (Å²) in [6.45, 7) is -0.341. The molecule has 78 valence electrons. The molecule has 1 fully saturated rings. The van der Waals surface area contributed by atoms with Gasteiger partial charge in [0.05, 0.1) is 6.61 Å². The number of aromatic nitrogens is 3. The average Bonchev–Trinajstić information content (AvgIpc) is 2.78. The van der Waals surface area contributed by atoms with Crippen LogP contribution >= 0.6 is 0 Å². The molecule has 0 radical (unpaired) electrons. The zero-order valence-corrected chi connectivity index (χ0v) is 7.24. The summed E-state index contributed by atoms with van der Waals surface area (Å²) in [5, 5.41) is 37.4. The smallest absolute Gasteiger partial charge is 0.132 e. The van der Waals surface area contributed by atoms with Crippen molar-refractivity contribution in [1.82, 2.24) is 15.4 Å². The van der Waals surface area contributed by atoms with E-state index in [9.17, 15) is 10.2 Å². The fourth-order valence-electron chi connectivity index (χ4n) is 1.49. The number of nitrogens with zero attached hydrogens (tertiary/aromatic N) is 2. The third-order valence-electron chi connectivity index (χ3n) is 2.27. The molecule has 1 aliphatic heterocycles. The first-order valence-electron chi connectivity index (χ1n) is 4.23. The summed E-state index contributed by atoms with van der Waals surface area (Å²) in [6.07, 6.45) is -2.22. The van der Waals surface area contributed by atoms with E-state index in [4.69, 9.17) is 9.84 Å². The third-order valence-corrected chi connectivity index (χ3v) is 2.27. The number of H-pyrrole nitrogens is 1. The molecule has 0 amide bonds. The Bertz CT molecular complexity index is 291. The zero-order valence-electron chi connectivity index (χ0n) is 7.24. The molecule has 0 saturated carbocycles. The summed E-state index contributed by atoms with van der Waals surface area (Å²) in [5.74, 6) is 0. The Labute approximate surface area is 79.3 Å². The molecule has 0 aromatic carbocycles. The van der Waals surface area contributed by atoms with Gasteiger partial charge in [-0.25, -0.2) is 0 Å². The highest BCUT2D eigenvalue weighted by atomic mass is 16.6. The molecule has 7 heteroatoms. The van der Waals surface area contributed by atoms with Crippen LogP contribution in [-0.4, -0.2) is 55.6 Å². The second-order valence-electron chi connectivity index (χ2n) is 3.16. The molecule has 1 aromatic rings. The molecule has 0 bridgehead atoms. The van der Waals surface area contributed by atoms with Crippen molar-refractivity contribution in [1.29, 1.82) is 0 Å². The van der Waals surface area contributed by atoms with E-state index in [0.29, 0.717) is 5.69 Å². The molecule has 4 atom stereocenters. The maximum atomic E-state index is 9.56. The van der Waals surface area contributed by atoms with Crippen LogP contribution in [0.15, 0.2) is 6.20 Å². The monoisotopic (exact) mass is 201 g/mol. The highest BCUT2D eigenvalue weighted by Gasteiger charge is 2.44. The van der Waals surface area contributed by atoms with Gasteiger partial charge in [-0.15, -0.1) is 5.10 Å². The van der Waals surface area contributed by atoms with Crippen LogP contribution in [0.25, 0.3) is 0 Å². The summed E-state index contributed by atoms with van der Waals surface area (Å²) in [6, 6.07) is 0. The van der Waals surface area contributed by atoms with Crippen LogP contribution in [0.5, 0.6) is 0 Å². The largest absolute Gasteiger partial charge is 0.394 e. The molecule has 1 aromatic heterocycles. The SMILES string of the molecule is OC[C@H]1OC(c2c[nH]nn2)[C@H](O)[C@@H]1O. The molecule has 4 N–H and O–H groups in total. The summed E-state index contributed by atoms with van der Waals surface area (Å²) < 4.78 is 5.21. The number of hydrogen-bond donors (Lipinski definition) is 4. The van der Waals surface area contributed by atoms with Gasteiger partial charge in [0, 0.05) is 6.20 Å². The maximum Gasteiger partial charge on any atom is 0.132 e. The van der Waals surface area contributed by atoms with E-state index in [0.717, 1.165) is 0 Å². The van der Waals surface area contributed by atoms with Crippen molar-refractivity contribution in [3.8, 4) is 0 Å². The fraction of sp³-hybridized carbons (Fsp3) is 0.714. The molecular formula is C7H11N3O4. The number of aliphatic hydroxyl groups is 3. The Morgan fingerprint density at radius 1 is 1.43 bits per heavy atom. The number of aromatic amines is 1. The van der Waals surface area contributed by atoms with Crippen LogP contribution in [0.1, 0.15) is 11.8 Å². The van der Waals surface area contributed by atoms with E-state index < -0.39 is 24.4 Å². The summed E-state index contributed by atoms with van der Waals surface area (Å²) in [7, 11) is 0. The lowest BCUT2D eigenvalue weighted by Gasteiger charge is -2.10. The van der Waals surface area contributed by atoms with Crippen LogP contribution < -0.4 is 0 Å². The van der Waals surface area contributed by atoms with E-state index >= 15 is 0 Å². The van der Waals surface area contributed by atoms with Gasteiger partial charge in [-0.3, -0.25) is 5.10 Å². The molecule has 0 aliphatic carbocycles. The standard InChI is InChI=1S/C7H11N3O4/c11-2-4-5(12)6(13)7(14-4)3-1-8-10-9-3/h1,4-7,11-13H,2H2,(H,8,9,10)/t4-,5-,6-,7?/m1/s1. The molecule has 1 saturated heterocycles. The summed E-state index contributed by atoms with van der Waals surface area (Å²) in [4.78, 5) is 0. The number of hydrogen-bond acceptors (Lipinski definition) is 6. The second kappa shape index (κ2) is 3.62. The van der Waals surface area contributed by atoms with Gasteiger partial charge >= 0.3 is 0 Å². The van der Waals surface area contributed by atoms with E-state index in [1.165, 1.54) is 6.20 Å². The predicted octanol–water partition coefficient (Wildman–Crippen LogP) is -2.04. The van der Waals surface area contributed by atoms with Crippen LogP contribution in [0.2, 0.25) is 0 Å². The number of rotatable bonds is 2. The Hall–Kier alpha value is -1.02. The van der Waals surface area contributed by atoms with Gasteiger partial charge in [0.25, 0.3) is 0 Å². The number of aliphatic hydroxyl groups excluding tert-OH is 3. The minimum atomic E-state index is -1.10. The van der Waals surface area contributed by atoms with Crippen molar-refractivity contribution < 1.29 is 20.1 Å². The summed E-state index contributed by atoms with van der Waals surface area (Å²) >= 11 is 0.